The maximum absolute atomic E-state index is 11.8. The molecule has 25 atom stereocenters. The maximum atomic E-state index is 11.8. The van der Waals surface area contributed by atoms with E-state index in [1.807, 2.05) is 0 Å². The lowest BCUT2D eigenvalue weighted by atomic mass is 9.95. The largest absolute Gasteiger partial charge is 0.394 e. The highest BCUT2D eigenvalue weighted by atomic mass is 16.8. The van der Waals surface area contributed by atoms with Crippen molar-refractivity contribution in [1.29, 1.82) is 0 Å². The van der Waals surface area contributed by atoms with Gasteiger partial charge < -0.3 is 130 Å². The second-order valence-corrected chi connectivity index (χ2v) is 14.7. The second kappa shape index (κ2) is 20.8. The van der Waals surface area contributed by atoms with Crippen molar-refractivity contribution in [2.75, 3.05) is 33.0 Å². The summed E-state index contributed by atoms with van der Waals surface area (Å²) in [5, 5.41) is 170. The van der Waals surface area contributed by atoms with Crippen LogP contribution in [0.4, 0.5) is 0 Å². The normalized spacial score (nSPS) is 51.0. The van der Waals surface area contributed by atoms with Gasteiger partial charge in [-0.25, -0.2) is 0 Å². The Bertz CT molecular complexity index is 1320. The molecule has 0 radical (unpaired) electrons. The van der Waals surface area contributed by atoms with Gasteiger partial charge in [-0.05, 0) is 0 Å². The molecule has 5 fully saturated rings. The highest BCUT2D eigenvalue weighted by Gasteiger charge is 2.56. The summed E-state index contributed by atoms with van der Waals surface area (Å²) in [4.78, 5) is 11.8. The van der Waals surface area contributed by atoms with Crippen LogP contribution in [0.1, 0.15) is 6.92 Å². The van der Waals surface area contributed by atoms with Crippen molar-refractivity contribution in [3.63, 3.8) is 0 Å². The number of ether oxygens (including phenoxy) is 9. The average Bonchev–Trinajstić information content (AvgIpc) is 3.21. The SMILES string of the molecule is CC(=O)N[C@@H]1[C@@H](O)[C@H](O[C@@H]2O[C@H](CO[C@H]3O[C@H](CO)[C@@H](O)[C@H](O)[C@@H]3O)[C@@H](O)[C@H](O[C@H]3O[C@H](CO)[C@@H](O)[C@H](O)[C@@H]3O[C@H]3O[C@H](CO)[C@@H](O)[C@H](O)[C@@H]3O)[C@@H]2O)[C@@H](CO)O[C@@H]1O. The minimum atomic E-state index is -2.21. The number of hydrogen-bond donors (Lipinski definition) is 17. The second-order valence-electron chi connectivity index (χ2n) is 14.7. The maximum Gasteiger partial charge on any atom is 0.217 e. The van der Waals surface area contributed by atoms with E-state index in [0.717, 1.165) is 6.92 Å². The van der Waals surface area contributed by atoms with Crippen LogP contribution in [0.5, 0.6) is 0 Å². The molecule has 17 N–H and O–H groups in total. The number of aliphatic hydroxyl groups excluding tert-OH is 16. The van der Waals surface area contributed by atoms with Crippen LogP contribution in [-0.2, 0) is 47.4 Å². The standard InChI is InChI=1S/C32H55NO26/c1-7(38)33-13-18(43)25(11(5-37)52-28(13)50)57-31-24(49)26(17(42)12(56-31)6-51-29-22(47)19(44)14(39)8(2-34)53-29)58-32-27(21(46)16(41)10(4-36)55-32)59-30-23(48)20(45)15(40)9(3-35)54-30/h8-32,34-37,39-50H,2-6H2,1H3,(H,33,38)/t8-,9-,10-,11-,12-,13-,14-,15-,16-,17-,18-,19+,20+,21+,22+,23+,24+,25-,26+,27+,28+,29+,30-,31+,32-/m1/s1. The summed E-state index contributed by atoms with van der Waals surface area (Å²) in [7, 11) is 0. The molecular formula is C32H55NO26. The van der Waals surface area contributed by atoms with Crippen LogP contribution in [0.2, 0.25) is 0 Å². The summed E-state index contributed by atoms with van der Waals surface area (Å²) in [6.07, 6.45) is -45.2. The highest BCUT2D eigenvalue weighted by molar-refractivity contribution is 5.73. The van der Waals surface area contributed by atoms with Crippen molar-refractivity contribution >= 4 is 5.91 Å². The van der Waals surface area contributed by atoms with Gasteiger partial charge in [-0.1, -0.05) is 0 Å². The van der Waals surface area contributed by atoms with E-state index >= 15 is 0 Å². The minimum absolute atomic E-state index is 0.727. The van der Waals surface area contributed by atoms with E-state index in [2.05, 4.69) is 5.32 Å². The van der Waals surface area contributed by atoms with Crippen LogP contribution in [0.25, 0.3) is 0 Å². The van der Waals surface area contributed by atoms with Gasteiger partial charge >= 0.3 is 0 Å². The third-order valence-electron chi connectivity index (χ3n) is 10.7. The molecule has 0 aliphatic carbocycles. The van der Waals surface area contributed by atoms with Crippen molar-refractivity contribution in [3.8, 4) is 0 Å². The predicted molar refractivity (Wildman–Crippen MR) is 178 cm³/mol. The Morgan fingerprint density at radius 1 is 0.441 bits per heavy atom. The van der Waals surface area contributed by atoms with E-state index < -0.39 is 192 Å². The molecule has 344 valence electrons. The lowest BCUT2D eigenvalue weighted by molar-refractivity contribution is -0.396. The summed E-state index contributed by atoms with van der Waals surface area (Å²) in [5.74, 6) is -0.727. The van der Waals surface area contributed by atoms with E-state index in [1.165, 1.54) is 0 Å². The molecule has 27 heteroatoms. The topological polar surface area (TPSA) is 436 Å². The van der Waals surface area contributed by atoms with Gasteiger partial charge in [0.05, 0.1) is 33.0 Å². The third-order valence-corrected chi connectivity index (χ3v) is 10.7. The Morgan fingerprint density at radius 3 is 1.42 bits per heavy atom. The molecule has 5 aliphatic rings. The van der Waals surface area contributed by atoms with Crippen LogP contribution < -0.4 is 5.32 Å². The molecule has 0 bridgehead atoms. The molecule has 5 heterocycles. The van der Waals surface area contributed by atoms with Gasteiger partial charge in [0.25, 0.3) is 0 Å². The Kier molecular flexibility index (Phi) is 17.1. The first-order chi connectivity index (χ1) is 27.9. The Hall–Kier alpha value is -1.53. The number of carbonyl (C=O) groups excluding carboxylic acids is 1. The predicted octanol–water partition coefficient (Wildman–Crippen LogP) is -11.8. The molecule has 5 rings (SSSR count). The third kappa shape index (κ3) is 10.3. The van der Waals surface area contributed by atoms with Crippen molar-refractivity contribution in [3.05, 3.63) is 0 Å². The summed E-state index contributed by atoms with van der Waals surface area (Å²) in [6.45, 7) is -3.40. The first-order valence-corrected chi connectivity index (χ1v) is 18.6. The van der Waals surface area contributed by atoms with E-state index in [1.54, 1.807) is 0 Å². The van der Waals surface area contributed by atoms with Crippen molar-refractivity contribution in [2.45, 2.75) is 160 Å². The zero-order chi connectivity index (χ0) is 43.6. The number of aliphatic hydroxyl groups is 16. The van der Waals surface area contributed by atoms with Crippen molar-refractivity contribution in [1.82, 2.24) is 5.32 Å². The van der Waals surface area contributed by atoms with Gasteiger partial charge in [0.1, 0.15) is 122 Å². The zero-order valence-electron chi connectivity index (χ0n) is 31.2. The fourth-order valence-electron chi connectivity index (χ4n) is 7.30. The Balaban J connectivity index is 1.45. The van der Waals surface area contributed by atoms with Crippen molar-refractivity contribution in [2.24, 2.45) is 0 Å². The Labute approximate surface area is 333 Å². The lowest BCUT2D eigenvalue weighted by Gasteiger charge is -2.49. The van der Waals surface area contributed by atoms with E-state index in [4.69, 9.17) is 42.6 Å². The van der Waals surface area contributed by atoms with Gasteiger partial charge in [-0.3, -0.25) is 4.79 Å². The molecule has 1 amide bonds. The smallest absolute Gasteiger partial charge is 0.217 e. The van der Waals surface area contributed by atoms with Crippen LogP contribution in [0.3, 0.4) is 0 Å². The monoisotopic (exact) mass is 869 g/mol. The molecule has 0 unspecified atom stereocenters. The molecule has 0 saturated carbocycles. The first kappa shape index (κ1) is 48.5. The number of amides is 1. The quantitative estimate of drug-likeness (QED) is 0.0770. The average molecular weight is 870 g/mol. The van der Waals surface area contributed by atoms with E-state index in [-0.39, 0.29) is 0 Å². The Morgan fingerprint density at radius 2 is 0.881 bits per heavy atom. The van der Waals surface area contributed by atoms with Gasteiger partial charge in [0.15, 0.2) is 31.5 Å². The molecule has 0 aromatic rings. The molecule has 0 aromatic carbocycles. The number of hydrogen-bond acceptors (Lipinski definition) is 26. The van der Waals surface area contributed by atoms with Crippen LogP contribution >= 0.6 is 0 Å². The minimum Gasteiger partial charge on any atom is -0.394 e. The summed E-state index contributed by atoms with van der Waals surface area (Å²) >= 11 is 0. The number of nitrogens with one attached hydrogen (secondary N) is 1. The fraction of sp³-hybridized carbons (Fsp3) is 0.969. The molecule has 59 heavy (non-hydrogen) atoms. The summed E-state index contributed by atoms with van der Waals surface area (Å²) in [5.41, 5.74) is 0. The molecule has 5 aliphatic heterocycles. The highest BCUT2D eigenvalue weighted by Crippen LogP contribution is 2.35. The van der Waals surface area contributed by atoms with Gasteiger partial charge in [0.2, 0.25) is 5.91 Å². The van der Waals surface area contributed by atoms with Gasteiger partial charge in [-0.15, -0.1) is 0 Å². The molecule has 5 saturated heterocycles. The van der Waals surface area contributed by atoms with E-state index in [9.17, 15) is 86.5 Å². The summed E-state index contributed by atoms with van der Waals surface area (Å²) < 4.78 is 50.4. The zero-order valence-corrected chi connectivity index (χ0v) is 31.2. The van der Waals surface area contributed by atoms with Gasteiger partial charge in [0, 0.05) is 6.92 Å². The first-order valence-electron chi connectivity index (χ1n) is 18.6. The van der Waals surface area contributed by atoms with E-state index in [0.29, 0.717) is 0 Å². The van der Waals surface area contributed by atoms with Crippen LogP contribution in [0, 0.1) is 0 Å². The molecular weight excluding hydrogens is 814 g/mol. The molecule has 0 spiro atoms. The van der Waals surface area contributed by atoms with Crippen LogP contribution in [0.15, 0.2) is 0 Å². The van der Waals surface area contributed by atoms with Crippen LogP contribution in [-0.4, -0.2) is 274 Å². The molecule has 27 nitrogen and oxygen atoms in total. The number of rotatable bonds is 14. The van der Waals surface area contributed by atoms with Gasteiger partial charge in [-0.2, -0.15) is 0 Å². The fourth-order valence-corrected chi connectivity index (χ4v) is 7.30. The van der Waals surface area contributed by atoms with Crippen molar-refractivity contribution < 1.29 is 129 Å². The summed E-state index contributed by atoms with van der Waals surface area (Å²) in [6, 6.07) is -1.57. The lowest BCUT2D eigenvalue weighted by Crippen LogP contribution is -2.69. The number of carbonyl (C=O) groups is 1. The molecule has 0 aromatic heterocycles.